The molecule has 1 aromatic heterocycles. The Bertz CT molecular complexity index is 394. The number of aromatic nitrogens is 1. The molecule has 0 bridgehead atoms. The van der Waals surface area contributed by atoms with Crippen LogP contribution in [-0.2, 0) is 4.79 Å². The molecule has 1 aromatic rings. The van der Waals surface area contributed by atoms with E-state index in [1.807, 2.05) is 6.92 Å². The van der Waals surface area contributed by atoms with Crippen molar-refractivity contribution in [3.63, 3.8) is 0 Å². The van der Waals surface area contributed by atoms with Crippen LogP contribution in [0.25, 0.3) is 0 Å². The number of carbonyl (C=O) groups is 1. The van der Waals surface area contributed by atoms with E-state index in [0.717, 1.165) is 31.4 Å². The van der Waals surface area contributed by atoms with Crippen molar-refractivity contribution in [3.05, 3.63) is 11.8 Å². The molecule has 17 heavy (non-hydrogen) atoms. The Morgan fingerprint density at radius 1 is 1.53 bits per heavy atom. The van der Waals surface area contributed by atoms with E-state index in [4.69, 9.17) is 10.3 Å². The van der Waals surface area contributed by atoms with Gasteiger partial charge in [-0.3, -0.25) is 10.1 Å². The van der Waals surface area contributed by atoms with E-state index in [2.05, 4.69) is 10.5 Å². The van der Waals surface area contributed by atoms with Gasteiger partial charge >= 0.3 is 0 Å². The monoisotopic (exact) mass is 237 g/mol. The van der Waals surface area contributed by atoms with Gasteiger partial charge in [-0.05, 0) is 19.8 Å². The number of hydrogen-bond donors (Lipinski definition) is 2. The fourth-order valence-electron chi connectivity index (χ4n) is 2.36. The number of carbonyl (C=O) groups excluding carboxylic acids is 1. The first-order valence-electron chi connectivity index (χ1n) is 6.09. The Balaban J connectivity index is 1.88. The van der Waals surface area contributed by atoms with Gasteiger partial charge in [-0.2, -0.15) is 0 Å². The number of aryl methyl sites for hydroxylation is 1. The lowest BCUT2D eigenvalue weighted by Gasteiger charge is -2.32. The van der Waals surface area contributed by atoms with E-state index in [9.17, 15) is 4.79 Å². The van der Waals surface area contributed by atoms with Gasteiger partial charge in [-0.15, -0.1) is 0 Å². The van der Waals surface area contributed by atoms with Gasteiger partial charge in [0, 0.05) is 18.0 Å². The maximum Gasteiger partial charge on any atom is 0.231 e. The molecular formula is C12H19N3O2. The zero-order valence-electron chi connectivity index (χ0n) is 10.2. The van der Waals surface area contributed by atoms with E-state index in [1.165, 1.54) is 6.42 Å². The van der Waals surface area contributed by atoms with Gasteiger partial charge in [0.15, 0.2) is 0 Å². The standard InChI is InChI=1S/C12H19N3O2/c1-9-7-11(17-15-9)14-10(16)8-12(13)5-3-2-4-6-12/h7H,2-6,8,13H2,1H3,(H,14,16). The SMILES string of the molecule is Cc1cc(NC(=O)CC2(N)CCCCC2)on1. The summed E-state index contributed by atoms with van der Waals surface area (Å²) in [5.74, 6) is 0.303. The van der Waals surface area contributed by atoms with Gasteiger partial charge in [-0.25, -0.2) is 0 Å². The number of rotatable bonds is 3. The lowest BCUT2D eigenvalue weighted by molar-refractivity contribution is -0.117. The maximum atomic E-state index is 11.8. The summed E-state index contributed by atoms with van der Waals surface area (Å²) in [5, 5.41) is 6.40. The van der Waals surface area contributed by atoms with Gasteiger partial charge in [0.1, 0.15) is 0 Å². The summed E-state index contributed by atoms with van der Waals surface area (Å²) >= 11 is 0. The Morgan fingerprint density at radius 2 is 2.24 bits per heavy atom. The highest BCUT2D eigenvalue weighted by atomic mass is 16.5. The molecule has 2 rings (SSSR count). The fraction of sp³-hybridized carbons (Fsp3) is 0.667. The number of amides is 1. The minimum absolute atomic E-state index is 0.0921. The molecule has 0 spiro atoms. The summed E-state index contributed by atoms with van der Waals surface area (Å²) in [6, 6.07) is 1.70. The molecule has 5 nitrogen and oxygen atoms in total. The van der Waals surface area contributed by atoms with Crippen LogP contribution in [-0.4, -0.2) is 16.6 Å². The Labute approximate surface area is 101 Å². The Kier molecular flexibility index (Phi) is 3.47. The van der Waals surface area contributed by atoms with Gasteiger partial charge in [0.25, 0.3) is 0 Å². The second-order valence-electron chi connectivity index (χ2n) is 4.98. The van der Waals surface area contributed by atoms with Crippen molar-refractivity contribution >= 4 is 11.8 Å². The summed E-state index contributed by atoms with van der Waals surface area (Å²) in [4.78, 5) is 11.8. The van der Waals surface area contributed by atoms with Crippen molar-refractivity contribution < 1.29 is 9.32 Å². The smallest absolute Gasteiger partial charge is 0.231 e. The molecule has 1 aliphatic carbocycles. The molecule has 0 atom stereocenters. The van der Waals surface area contributed by atoms with Crippen molar-refractivity contribution in [1.82, 2.24) is 5.16 Å². The minimum atomic E-state index is -0.336. The van der Waals surface area contributed by atoms with E-state index in [1.54, 1.807) is 6.07 Å². The van der Waals surface area contributed by atoms with E-state index in [-0.39, 0.29) is 11.4 Å². The highest BCUT2D eigenvalue weighted by Crippen LogP contribution is 2.28. The zero-order chi connectivity index (χ0) is 12.3. The molecule has 1 heterocycles. The summed E-state index contributed by atoms with van der Waals surface area (Å²) in [5.41, 5.74) is 6.63. The quantitative estimate of drug-likeness (QED) is 0.842. The van der Waals surface area contributed by atoms with Crippen LogP contribution >= 0.6 is 0 Å². The number of nitrogens with one attached hydrogen (secondary N) is 1. The van der Waals surface area contributed by atoms with Crippen molar-refractivity contribution in [2.45, 2.75) is 51.0 Å². The summed E-state index contributed by atoms with van der Waals surface area (Å²) in [6.07, 6.45) is 5.66. The van der Waals surface area contributed by atoms with Gasteiger partial charge in [-0.1, -0.05) is 24.4 Å². The summed E-state index contributed by atoms with van der Waals surface area (Å²) in [7, 11) is 0. The van der Waals surface area contributed by atoms with Crippen molar-refractivity contribution in [3.8, 4) is 0 Å². The van der Waals surface area contributed by atoms with Crippen LogP contribution in [0.3, 0.4) is 0 Å². The molecule has 0 unspecified atom stereocenters. The molecule has 94 valence electrons. The van der Waals surface area contributed by atoms with E-state index in [0.29, 0.717) is 12.3 Å². The van der Waals surface area contributed by atoms with Crippen LogP contribution in [0, 0.1) is 6.92 Å². The minimum Gasteiger partial charge on any atom is -0.338 e. The summed E-state index contributed by atoms with van der Waals surface area (Å²) in [6.45, 7) is 1.81. The number of hydrogen-bond acceptors (Lipinski definition) is 4. The molecule has 1 fully saturated rings. The first kappa shape index (κ1) is 12.1. The maximum absolute atomic E-state index is 11.8. The number of nitrogens with two attached hydrogens (primary N) is 1. The van der Waals surface area contributed by atoms with E-state index < -0.39 is 0 Å². The predicted octanol–water partition coefficient (Wildman–Crippen LogP) is 1.97. The third-order valence-electron chi connectivity index (χ3n) is 3.25. The van der Waals surface area contributed by atoms with Crippen LogP contribution in [0.15, 0.2) is 10.6 Å². The van der Waals surface area contributed by atoms with Crippen LogP contribution in [0.5, 0.6) is 0 Å². The van der Waals surface area contributed by atoms with E-state index >= 15 is 0 Å². The highest BCUT2D eigenvalue weighted by Gasteiger charge is 2.30. The molecule has 3 N–H and O–H groups in total. The first-order chi connectivity index (χ1) is 8.07. The largest absolute Gasteiger partial charge is 0.338 e. The molecule has 0 saturated heterocycles. The van der Waals surface area contributed by atoms with Crippen LogP contribution < -0.4 is 11.1 Å². The second-order valence-corrected chi connectivity index (χ2v) is 4.98. The second kappa shape index (κ2) is 4.87. The van der Waals surface area contributed by atoms with Gasteiger partial charge < -0.3 is 10.3 Å². The molecule has 0 radical (unpaired) electrons. The number of nitrogens with zero attached hydrogens (tertiary/aromatic N) is 1. The lowest BCUT2D eigenvalue weighted by atomic mass is 9.80. The van der Waals surface area contributed by atoms with Crippen LogP contribution in [0.2, 0.25) is 0 Å². The van der Waals surface area contributed by atoms with Crippen LogP contribution in [0.4, 0.5) is 5.88 Å². The molecule has 1 amide bonds. The summed E-state index contributed by atoms with van der Waals surface area (Å²) < 4.78 is 4.93. The Morgan fingerprint density at radius 3 is 2.82 bits per heavy atom. The lowest BCUT2D eigenvalue weighted by Crippen LogP contribution is -2.44. The third-order valence-corrected chi connectivity index (χ3v) is 3.25. The topological polar surface area (TPSA) is 81.2 Å². The van der Waals surface area contributed by atoms with Crippen LogP contribution in [0.1, 0.15) is 44.2 Å². The van der Waals surface area contributed by atoms with Crippen molar-refractivity contribution in [1.29, 1.82) is 0 Å². The normalized spacial score (nSPS) is 18.9. The van der Waals surface area contributed by atoms with Crippen molar-refractivity contribution in [2.75, 3.05) is 5.32 Å². The van der Waals surface area contributed by atoms with Crippen molar-refractivity contribution in [2.24, 2.45) is 5.73 Å². The Hall–Kier alpha value is -1.36. The van der Waals surface area contributed by atoms with Gasteiger partial charge in [0.2, 0.25) is 11.8 Å². The zero-order valence-corrected chi connectivity index (χ0v) is 10.2. The average molecular weight is 237 g/mol. The third kappa shape index (κ3) is 3.30. The molecule has 5 heteroatoms. The predicted molar refractivity (Wildman–Crippen MR) is 64.5 cm³/mol. The van der Waals surface area contributed by atoms with Gasteiger partial charge in [0.05, 0.1) is 5.69 Å². The molecule has 1 saturated carbocycles. The molecular weight excluding hydrogens is 218 g/mol. The molecule has 0 aliphatic heterocycles. The molecule has 1 aliphatic rings. The number of anilines is 1. The molecule has 0 aromatic carbocycles. The first-order valence-corrected chi connectivity index (χ1v) is 6.09. The fourth-order valence-corrected chi connectivity index (χ4v) is 2.36. The highest BCUT2D eigenvalue weighted by molar-refractivity contribution is 5.90. The average Bonchev–Trinajstić information content (AvgIpc) is 2.63.